The molecule has 0 unspecified atom stereocenters. The van der Waals surface area contributed by atoms with Crippen molar-refractivity contribution in [2.24, 2.45) is 0 Å². The van der Waals surface area contributed by atoms with Gasteiger partial charge in [0, 0.05) is 21.5 Å². The molecule has 6 heteroatoms. The van der Waals surface area contributed by atoms with Crippen molar-refractivity contribution in [3.63, 3.8) is 0 Å². The summed E-state index contributed by atoms with van der Waals surface area (Å²) in [5.74, 6) is 0.399. The Bertz CT molecular complexity index is 472. The van der Waals surface area contributed by atoms with Gasteiger partial charge in [-0.15, -0.1) is 10.2 Å². The lowest BCUT2D eigenvalue weighted by molar-refractivity contribution is 0.540. The largest absolute Gasteiger partial charge is 0.411 e. The molecule has 0 fully saturated rings. The summed E-state index contributed by atoms with van der Waals surface area (Å²) in [7, 11) is 0. The van der Waals surface area contributed by atoms with E-state index >= 15 is 0 Å². The van der Waals surface area contributed by atoms with Gasteiger partial charge in [-0.2, -0.15) is 0 Å². The number of aromatic nitrogens is 2. The Balaban J connectivity index is 2.47. The summed E-state index contributed by atoms with van der Waals surface area (Å²) in [6, 6.07) is 5.11. The van der Waals surface area contributed by atoms with E-state index < -0.39 is 0 Å². The first kappa shape index (κ1) is 9.96. The minimum absolute atomic E-state index is 0.332. The summed E-state index contributed by atoms with van der Waals surface area (Å²) in [5.41, 5.74) is 0.734. The maximum atomic E-state index is 5.84. The van der Waals surface area contributed by atoms with Crippen LogP contribution in [0.1, 0.15) is 0 Å². The summed E-state index contributed by atoms with van der Waals surface area (Å²) in [4.78, 5) is 0.332. The van der Waals surface area contributed by atoms with Gasteiger partial charge in [0.25, 0.3) is 4.80 Å². The molecule has 0 atom stereocenters. The maximum absolute atomic E-state index is 5.84. The first-order chi connectivity index (χ1) is 6.66. The standard InChI is InChI=1S/C8H3BrCl2N2O/c9-8-13-12-7(14-8)4-1-2-5(10)6(11)3-4/h1-3H. The highest BCUT2D eigenvalue weighted by Gasteiger charge is 2.08. The lowest BCUT2D eigenvalue weighted by Crippen LogP contribution is -1.78. The first-order valence-electron chi connectivity index (χ1n) is 3.61. The van der Waals surface area contributed by atoms with Crippen molar-refractivity contribution < 1.29 is 4.42 Å². The molecule has 0 aliphatic heterocycles. The Morgan fingerprint density at radius 1 is 1.14 bits per heavy atom. The van der Waals surface area contributed by atoms with E-state index in [1.807, 2.05) is 0 Å². The molecule has 0 saturated heterocycles. The molecule has 0 aliphatic carbocycles. The Kier molecular flexibility index (Phi) is 2.76. The van der Waals surface area contributed by atoms with E-state index in [4.69, 9.17) is 27.6 Å². The molecule has 72 valence electrons. The zero-order valence-corrected chi connectivity index (χ0v) is 9.77. The van der Waals surface area contributed by atoms with Crippen LogP contribution in [0.3, 0.4) is 0 Å². The summed E-state index contributed by atoms with van der Waals surface area (Å²) in [5, 5.41) is 8.41. The highest BCUT2D eigenvalue weighted by molar-refractivity contribution is 9.10. The number of nitrogens with zero attached hydrogens (tertiary/aromatic N) is 2. The summed E-state index contributed by atoms with van der Waals surface area (Å²) >= 11 is 14.7. The van der Waals surface area contributed by atoms with Gasteiger partial charge in [-0.05, 0) is 18.2 Å². The smallest absolute Gasteiger partial charge is 0.285 e. The van der Waals surface area contributed by atoms with Crippen LogP contribution < -0.4 is 0 Å². The zero-order valence-electron chi connectivity index (χ0n) is 6.67. The van der Waals surface area contributed by atoms with Crippen LogP contribution in [0.4, 0.5) is 0 Å². The molecule has 2 rings (SSSR count). The molecular formula is C8H3BrCl2N2O. The van der Waals surface area contributed by atoms with Crippen molar-refractivity contribution in [1.29, 1.82) is 0 Å². The minimum atomic E-state index is 0.332. The fraction of sp³-hybridized carbons (Fsp3) is 0. The van der Waals surface area contributed by atoms with Crippen molar-refractivity contribution >= 4 is 39.1 Å². The number of benzene rings is 1. The van der Waals surface area contributed by atoms with Gasteiger partial charge in [0.1, 0.15) is 0 Å². The predicted molar refractivity (Wildman–Crippen MR) is 57.5 cm³/mol. The molecule has 2 aromatic rings. The SMILES string of the molecule is Clc1ccc(-c2nnc(Br)o2)cc1Cl. The van der Waals surface area contributed by atoms with Crippen molar-refractivity contribution in [3.05, 3.63) is 33.0 Å². The topological polar surface area (TPSA) is 38.9 Å². The van der Waals surface area contributed by atoms with Crippen LogP contribution in [-0.2, 0) is 0 Å². The maximum Gasteiger partial charge on any atom is 0.285 e. The van der Waals surface area contributed by atoms with Crippen molar-refractivity contribution in [2.45, 2.75) is 0 Å². The van der Waals surface area contributed by atoms with Crippen LogP contribution in [-0.4, -0.2) is 10.2 Å². The molecule has 0 N–H and O–H groups in total. The Labute approximate surface area is 98.2 Å². The third-order valence-electron chi connectivity index (χ3n) is 1.57. The van der Waals surface area contributed by atoms with Crippen LogP contribution in [0.5, 0.6) is 0 Å². The van der Waals surface area contributed by atoms with E-state index in [1.54, 1.807) is 18.2 Å². The molecule has 1 aromatic carbocycles. The average Bonchev–Trinajstić information content (AvgIpc) is 2.57. The molecule has 0 saturated carbocycles. The van der Waals surface area contributed by atoms with Gasteiger partial charge in [-0.25, -0.2) is 0 Å². The third-order valence-corrected chi connectivity index (χ3v) is 2.63. The van der Waals surface area contributed by atoms with E-state index in [-0.39, 0.29) is 0 Å². The summed E-state index contributed by atoms with van der Waals surface area (Å²) < 4.78 is 5.16. The highest BCUT2D eigenvalue weighted by Crippen LogP contribution is 2.28. The van der Waals surface area contributed by atoms with E-state index in [0.717, 1.165) is 5.56 Å². The van der Waals surface area contributed by atoms with Crippen LogP contribution in [0, 0.1) is 0 Å². The van der Waals surface area contributed by atoms with E-state index in [9.17, 15) is 0 Å². The minimum Gasteiger partial charge on any atom is -0.411 e. The van der Waals surface area contributed by atoms with Crippen LogP contribution >= 0.6 is 39.1 Å². The van der Waals surface area contributed by atoms with E-state index in [2.05, 4.69) is 26.1 Å². The Morgan fingerprint density at radius 2 is 1.93 bits per heavy atom. The molecular weight excluding hydrogens is 291 g/mol. The van der Waals surface area contributed by atoms with Gasteiger partial charge < -0.3 is 4.42 Å². The average molecular weight is 294 g/mol. The predicted octanol–water partition coefficient (Wildman–Crippen LogP) is 3.81. The third kappa shape index (κ3) is 1.92. The molecule has 1 heterocycles. The van der Waals surface area contributed by atoms with E-state index in [1.165, 1.54) is 0 Å². The fourth-order valence-electron chi connectivity index (χ4n) is 0.951. The van der Waals surface area contributed by atoms with Crippen molar-refractivity contribution in [2.75, 3.05) is 0 Å². The molecule has 0 aliphatic rings. The molecule has 0 amide bonds. The summed E-state index contributed by atoms with van der Waals surface area (Å²) in [6.07, 6.45) is 0. The monoisotopic (exact) mass is 292 g/mol. The normalized spacial score (nSPS) is 10.5. The van der Waals surface area contributed by atoms with Gasteiger partial charge in [-0.1, -0.05) is 23.2 Å². The molecule has 0 bridgehead atoms. The van der Waals surface area contributed by atoms with Gasteiger partial charge >= 0.3 is 0 Å². The van der Waals surface area contributed by atoms with Crippen LogP contribution in [0.2, 0.25) is 10.0 Å². The lowest BCUT2D eigenvalue weighted by Gasteiger charge is -1.97. The molecule has 0 radical (unpaired) electrons. The number of hydrogen-bond donors (Lipinski definition) is 0. The highest BCUT2D eigenvalue weighted by atomic mass is 79.9. The van der Waals surface area contributed by atoms with E-state index in [0.29, 0.717) is 20.7 Å². The second kappa shape index (κ2) is 3.88. The summed E-state index contributed by atoms with van der Waals surface area (Å²) in [6.45, 7) is 0. The molecule has 1 aromatic heterocycles. The fourth-order valence-corrected chi connectivity index (χ4v) is 1.48. The molecule has 0 spiro atoms. The Morgan fingerprint density at radius 3 is 2.50 bits per heavy atom. The van der Waals surface area contributed by atoms with Gasteiger partial charge in [-0.3, -0.25) is 0 Å². The van der Waals surface area contributed by atoms with Gasteiger partial charge in [0.15, 0.2) is 0 Å². The molecule has 3 nitrogen and oxygen atoms in total. The second-order valence-electron chi connectivity index (χ2n) is 2.49. The number of halogens is 3. The van der Waals surface area contributed by atoms with Crippen molar-refractivity contribution in [1.82, 2.24) is 10.2 Å². The van der Waals surface area contributed by atoms with Crippen LogP contribution in [0.25, 0.3) is 11.5 Å². The van der Waals surface area contributed by atoms with Crippen molar-refractivity contribution in [3.8, 4) is 11.5 Å². The first-order valence-corrected chi connectivity index (χ1v) is 5.16. The Hall–Kier alpha value is -0.580. The number of rotatable bonds is 1. The number of hydrogen-bond acceptors (Lipinski definition) is 3. The second-order valence-corrected chi connectivity index (χ2v) is 3.98. The van der Waals surface area contributed by atoms with Gasteiger partial charge in [0.05, 0.1) is 10.0 Å². The molecule has 14 heavy (non-hydrogen) atoms. The van der Waals surface area contributed by atoms with Crippen LogP contribution in [0.15, 0.2) is 27.4 Å². The lowest BCUT2D eigenvalue weighted by atomic mass is 10.2. The van der Waals surface area contributed by atoms with Gasteiger partial charge in [0.2, 0.25) is 5.89 Å². The quantitative estimate of drug-likeness (QED) is 0.802. The zero-order chi connectivity index (χ0) is 10.1.